The summed E-state index contributed by atoms with van der Waals surface area (Å²) in [6, 6.07) is 5.11. The first kappa shape index (κ1) is 20.5. The van der Waals surface area contributed by atoms with E-state index in [-0.39, 0.29) is 17.7 Å². The maximum Gasteiger partial charge on any atom is 0.349 e. The Kier molecular flexibility index (Phi) is 6.26. The molecule has 3 rings (SSSR count). The zero-order valence-corrected chi connectivity index (χ0v) is 17.2. The van der Waals surface area contributed by atoms with E-state index >= 15 is 0 Å². The highest BCUT2D eigenvalue weighted by Crippen LogP contribution is 2.19. The van der Waals surface area contributed by atoms with Crippen molar-refractivity contribution >= 4 is 28.3 Å². The van der Waals surface area contributed by atoms with Crippen molar-refractivity contribution in [2.24, 2.45) is 0 Å². The maximum atomic E-state index is 12.4. The number of rotatable bonds is 7. The third kappa shape index (κ3) is 4.45. The molecule has 8 nitrogen and oxygen atoms in total. The van der Waals surface area contributed by atoms with Gasteiger partial charge in [0.15, 0.2) is 4.96 Å². The maximum absolute atomic E-state index is 12.4. The summed E-state index contributed by atoms with van der Waals surface area (Å²) in [6.07, 6.45) is 3.14. The van der Waals surface area contributed by atoms with Crippen molar-refractivity contribution in [2.75, 3.05) is 13.7 Å². The average molecular weight is 412 g/mol. The summed E-state index contributed by atoms with van der Waals surface area (Å²) in [5, 5.41) is 11.2. The second kappa shape index (κ2) is 8.86. The van der Waals surface area contributed by atoms with Crippen molar-refractivity contribution in [1.29, 1.82) is 5.26 Å². The Bertz CT molecular complexity index is 1180. The van der Waals surface area contributed by atoms with Gasteiger partial charge in [-0.05, 0) is 31.6 Å². The predicted molar refractivity (Wildman–Crippen MR) is 109 cm³/mol. The lowest BCUT2D eigenvalue weighted by molar-refractivity contribution is -0.139. The Hall–Kier alpha value is -3.22. The fourth-order valence-electron chi connectivity index (χ4n) is 2.97. The van der Waals surface area contributed by atoms with Crippen LogP contribution in [0.1, 0.15) is 22.6 Å². The van der Waals surface area contributed by atoms with Crippen molar-refractivity contribution in [2.45, 2.75) is 27.0 Å². The van der Waals surface area contributed by atoms with Crippen LogP contribution in [-0.2, 0) is 27.4 Å². The number of fused-ring (bicyclic) bond motifs is 1. The van der Waals surface area contributed by atoms with Gasteiger partial charge in [-0.1, -0.05) is 0 Å². The standard InChI is InChI=1S/C20H20N4O4S/c1-13-8-15(14(2)23(13)4-6-27-3)9-16(11-21)19(26)28-12-17-10-18(25)24-5-7-29-20(24)22-17/h5,7-10H,4,6,12H2,1-3H3/b16-9+. The molecular formula is C20H20N4O4S. The SMILES string of the molecule is COCCn1c(C)cc(/C=C(\C#N)C(=O)OCc2cc(=O)n3ccsc3n2)c1C. The molecule has 0 saturated heterocycles. The lowest BCUT2D eigenvalue weighted by Gasteiger charge is -2.08. The van der Waals surface area contributed by atoms with Crippen LogP contribution in [0.3, 0.4) is 0 Å². The van der Waals surface area contributed by atoms with E-state index in [1.165, 1.54) is 27.9 Å². The van der Waals surface area contributed by atoms with E-state index in [1.54, 1.807) is 18.7 Å². The molecular weight excluding hydrogens is 392 g/mol. The van der Waals surface area contributed by atoms with Crippen LogP contribution in [0.25, 0.3) is 11.0 Å². The molecule has 29 heavy (non-hydrogen) atoms. The first-order chi connectivity index (χ1) is 13.9. The molecule has 3 aromatic rings. The summed E-state index contributed by atoms with van der Waals surface area (Å²) in [7, 11) is 1.64. The van der Waals surface area contributed by atoms with E-state index in [4.69, 9.17) is 9.47 Å². The van der Waals surface area contributed by atoms with Crippen LogP contribution in [-0.4, -0.2) is 33.6 Å². The first-order valence-corrected chi connectivity index (χ1v) is 9.73. The van der Waals surface area contributed by atoms with Crippen molar-refractivity contribution in [3.05, 3.63) is 62.3 Å². The number of thiazole rings is 1. The molecule has 0 saturated carbocycles. The highest BCUT2D eigenvalue weighted by molar-refractivity contribution is 7.15. The van der Waals surface area contributed by atoms with Gasteiger partial charge in [0.05, 0.1) is 12.3 Å². The van der Waals surface area contributed by atoms with Gasteiger partial charge < -0.3 is 14.0 Å². The quantitative estimate of drug-likeness (QED) is 0.336. The number of aromatic nitrogens is 3. The smallest absolute Gasteiger partial charge is 0.349 e. The number of hydrogen-bond acceptors (Lipinski definition) is 7. The van der Waals surface area contributed by atoms with E-state index in [1.807, 2.05) is 26.0 Å². The third-order valence-corrected chi connectivity index (χ3v) is 5.24. The van der Waals surface area contributed by atoms with E-state index in [0.717, 1.165) is 17.0 Å². The van der Waals surface area contributed by atoms with Crippen LogP contribution in [0.15, 0.2) is 34.1 Å². The molecule has 0 fully saturated rings. The average Bonchev–Trinajstić information content (AvgIpc) is 3.27. The molecule has 0 aliphatic carbocycles. The number of aryl methyl sites for hydroxylation is 1. The lowest BCUT2D eigenvalue weighted by Crippen LogP contribution is -2.15. The van der Waals surface area contributed by atoms with E-state index in [2.05, 4.69) is 9.55 Å². The molecule has 0 unspecified atom stereocenters. The summed E-state index contributed by atoms with van der Waals surface area (Å²) < 4.78 is 13.8. The van der Waals surface area contributed by atoms with Crippen LogP contribution in [0.5, 0.6) is 0 Å². The molecule has 0 atom stereocenters. The van der Waals surface area contributed by atoms with Crippen LogP contribution >= 0.6 is 11.3 Å². The van der Waals surface area contributed by atoms with Crippen LogP contribution in [0.2, 0.25) is 0 Å². The van der Waals surface area contributed by atoms with Crippen molar-refractivity contribution in [1.82, 2.24) is 14.0 Å². The predicted octanol–water partition coefficient (Wildman–Crippen LogP) is 2.47. The monoisotopic (exact) mass is 412 g/mol. The minimum Gasteiger partial charge on any atom is -0.455 e. The Morgan fingerprint density at radius 1 is 1.38 bits per heavy atom. The van der Waals surface area contributed by atoms with Gasteiger partial charge >= 0.3 is 5.97 Å². The number of nitrogens with zero attached hydrogens (tertiary/aromatic N) is 4. The summed E-state index contributed by atoms with van der Waals surface area (Å²) in [5.41, 5.74) is 2.67. The van der Waals surface area contributed by atoms with Crippen LogP contribution in [0.4, 0.5) is 0 Å². The molecule has 0 radical (unpaired) electrons. The number of esters is 1. The van der Waals surface area contributed by atoms with E-state index < -0.39 is 5.97 Å². The molecule has 0 spiro atoms. The van der Waals surface area contributed by atoms with E-state index in [9.17, 15) is 14.9 Å². The Morgan fingerprint density at radius 3 is 2.90 bits per heavy atom. The fraction of sp³-hybridized carbons (Fsp3) is 0.300. The van der Waals surface area contributed by atoms with Gasteiger partial charge in [0.1, 0.15) is 18.2 Å². The second-order valence-corrected chi connectivity index (χ2v) is 7.23. The van der Waals surface area contributed by atoms with Crippen LogP contribution < -0.4 is 5.56 Å². The molecule has 0 bridgehead atoms. The molecule has 0 aliphatic rings. The van der Waals surface area contributed by atoms with Gasteiger partial charge in [0, 0.05) is 42.7 Å². The van der Waals surface area contributed by atoms with Crippen LogP contribution in [0, 0.1) is 25.2 Å². The number of ether oxygens (including phenoxy) is 2. The van der Waals surface area contributed by atoms with Gasteiger partial charge in [-0.25, -0.2) is 9.78 Å². The number of nitriles is 1. The van der Waals surface area contributed by atoms with Crippen molar-refractivity contribution < 1.29 is 14.3 Å². The molecule has 0 aromatic carbocycles. The summed E-state index contributed by atoms with van der Waals surface area (Å²) in [5.74, 6) is -0.762. The minimum absolute atomic E-state index is 0.120. The van der Waals surface area contributed by atoms with E-state index in [0.29, 0.717) is 23.8 Å². The van der Waals surface area contributed by atoms with Gasteiger partial charge in [0.2, 0.25) is 0 Å². The minimum atomic E-state index is -0.762. The van der Waals surface area contributed by atoms with Gasteiger partial charge in [-0.3, -0.25) is 9.20 Å². The number of methoxy groups -OCH3 is 1. The van der Waals surface area contributed by atoms with Gasteiger partial charge in [0.25, 0.3) is 5.56 Å². The number of carbonyl (C=O) groups is 1. The normalized spacial score (nSPS) is 11.6. The highest BCUT2D eigenvalue weighted by atomic mass is 32.1. The zero-order chi connectivity index (χ0) is 21.0. The lowest BCUT2D eigenvalue weighted by atomic mass is 10.1. The topological polar surface area (TPSA) is 98.6 Å². The summed E-state index contributed by atoms with van der Waals surface area (Å²) in [6.45, 7) is 4.93. The Morgan fingerprint density at radius 2 is 2.17 bits per heavy atom. The fourth-order valence-corrected chi connectivity index (χ4v) is 3.71. The first-order valence-electron chi connectivity index (χ1n) is 8.85. The summed E-state index contributed by atoms with van der Waals surface area (Å²) in [4.78, 5) is 29.2. The Labute approximate surface area is 171 Å². The van der Waals surface area contributed by atoms with Crippen molar-refractivity contribution in [3.8, 4) is 6.07 Å². The molecule has 0 N–H and O–H groups in total. The van der Waals surface area contributed by atoms with Crippen molar-refractivity contribution in [3.63, 3.8) is 0 Å². The van der Waals surface area contributed by atoms with Gasteiger partial charge in [-0.2, -0.15) is 5.26 Å². The molecule has 0 amide bonds. The second-order valence-electron chi connectivity index (χ2n) is 6.36. The number of hydrogen-bond donors (Lipinski definition) is 0. The Balaban J connectivity index is 1.76. The number of carbonyl (C=O) groups excluding carboxylic acids is 1. The molecule has 3 aromatic heterocycles. The molecule has 3 heterocycles. The molecule has 9 heteroatoms. The third-order valence-electron chi connectivity index (χ3n) is 4.48. The molecule has 150 valence electrons. The highest BCUT2D eigenvalue weighted by Gasteiger charge is 2.15. The largest absolute Gasteiger partial charge is 0.455 e. The zero-order valence-electron chi connectivity index (χ0n) is 16.3. The summed E-state index contributed by atoms with van der Waals surface area (Å²) >= 11 is 1.31. The molecule has 0 aliphatic heterocycles. The van der Waals surface area contributed by atoms with Gasteiger partial charge in [-0.15, -0.1) is 11.3 Å².